The molecule has 5 saturated heterocycles. The van der Waals surface area contributed by atoms with Crippen LogP contribution in [-0.2, 0) is 52.2 Å². The third-order valence-electron chi connectivity index (χ3n) is 20.4. The van der Waals surface area contributed by atoms with Crippen molar-refractivity contribution in [1.82, 2.24) is 0 Å². The lowest BCUT2D eigenvalue weighted by Crippen LogP contribution is -2.66. The molecule has 9 aliphatic rings. The van der Waals surface area contributed by atoms with Gasteiger partial charge in [-0.05, 0) is 99.2 Å². The number of carbonyl (C=O) groups excluding carboxylic acids is 1. The van der Waals surface area contributed by atoms with Crippen LogP contribution < -0.4 is 0 Å². The summed E-state index contributed by atoms with van der Waals surface area (Å²) in [5.41, 5.74) is -2.03. The summed E-state index contributed by atoms with van der Waals surface area (Å²) >= 11 is 0. The van der Waals surface area contributed by atoms with E-state index < -0.39 is 176 Å². The second-order valence-corrected chi connectivity index (χ2v) is 25.4. The second-order valence-electron chi connectivity index (χ2n) is 25.4. The van der Waals surface area contributed by atoms with Gasteiger partial charge in [-0.2, -0.15) is 0 Å². The van der Waals surface area contributed by atoms with E-state index in [1.807, 2.05) is 6.08 Å². The maximum absolute atomic E-state index is 14.5. The van der Waals surface area contributed by atoms with Crippen LogP contribution in [0.25, 0.3) is 0 Å². The van der Waals surface area contributed by atoms with Crippen LogP contribution in [0.4, 0.5) is 0 Å². The average Bonchev–Trinajstić information content (AvgIpc) is 3.83. The number of esters is 1. The number of aliphatic hydroxyl groups is 11. The predicted octanol–water partition coefficient (Wildman–Crippen LogP) is -0.337. The Morgan fingerprint density at radius 2 is 1.28 bits per heavy atom. The first-order valence-electron chi connectivity index (χ1n) is 27.8. The lowest BCUT2D eigenvalue weighted by Gasteiger charge is -2.64. The van der Waals surface area contributed by atoms with Crippen LogP contribution in [0.3, 0.4) is 0 Å². The number of carbonyl (C=O) groups is 1. The zero-order valence-corrected chi connectivity index (χ0v) is 45.4. The summed E-state index contributed by atoms with van der Waals surface area (Å²) in [4.78, 5) is 14.5. The molecule has 5 aliphatic heterocycles. The quantitative estimate of drug-likeness (QED) is 0.0568. The van der Waals surface area contributed by atoms with Crippen molar-refractivity contribution in [3.05, 3.63) is 11.6 Å². The molecule has 0 aromatic carbocycles. The summed E-state index contributed by atoms with van der Waals surface area (Å²) in [5, 5.41) is 122. The topological polar surface area (TPSA) is 332 Å². The number of cyclic esters (lactones) is 1. The van der Waals surface area contributed by atoms with E-state index in [0.29, 0.717) is 18.8 Å². The van der Waals surface area contributed by atoms with Gasteiger partial charge in [0.2, 0.25) is 0 Å². The highest BCUT2D eigenvalue weighted by Crippen LogP contribution is 2.76. The molecule has 22 nitrogen and oxygen atoms in total. The molecule has 436 valence electrons. The molecule has 3 saturated carbocycles. The van der Waals surface area contributed by atoms with Gasteiger partial charge in [0.25, 0.3) is 0 Å². The molecule has 9 rings (SSSR count). The zero-order chi connectivity index (χ0) is 55.4. The molecule has 0 bridgehead atoms. The highest BCUT2D eigenvalue weighted by Gasteiger charge is 2.79. The lowest BCUT2D eigenvalue weighted by molar-refractivity contribution is -0.388. The summed E-state index contributed by atoms with van der Waals surface area (Å²) in [6.45, 7) is 14.8. The van der Waals surface area contributed by atoms with Crippen LogP contribution in [-0.4, -0.2) is 224 Å². The first kappa shape index (κ1) is 59.0. The van der Waals surface area contributed by atoms with Gasteiger partial charge >= 0.3 is 5.97 Å². The Labute approximate surface area is 444 Å². The first-order chi connectivity index (χ1) is 35.7. The van der Waals surface area contributed by atoms with Gasteiger partial charge in [-0.1, -0.05) is 59.6 Å². The summed E-state index contributed by atoms with van der Waals surface area (Å²) in [5.74, 6) is 0.196. The molecule has 28 atom stereocenters. The van der Waals surface area contributed by atoms with E-state index in [2.05, 4.69) is 48.5 Å². The number of fused-ring (bicyclic) bond motifs is 4. The zero-order valence-electron chi connectivity index (χ0n) is 45.4. The number of ether oxygens (including phenoxy) is 10. The van der Waals surface area contributed by atoms with E-state index >= 15 is 0 Å². The van der Waals surface area contributed by atoms with Gasteiger partial charge in [0, 0.05) is 13.0 Å². The molecule has 4 aliphatic carbocycles. The molecule has 11 N–H and O–H groups in total. The Bertz CT molecular complexity index is 2060. The minimum absolute atomic E-state index is 0.0140. The molecular formula is C54H88O22. The summed E-state index contributed by atoms with van der Waals surface area (Å²) in [6, 6.07) is 0. The summed E-state index contributed by atoms with van der Waals surface area (Å²) in [7, 11) is 1.21. The molecule has 5 heterocycles. The number of methoxy groups -OCH3 is 1. The smallest absolute Gasteiger partial charge is 0.316 e. The van der Waals surface area contributed by atoms with Gasteiger partial charge in [-0.3, -0.25) is 4.79 Å². The Morgan fingerprint density at radius 3 is 1.92 bits per heavy atom. The molecule has 76 heavy (non-hydrogen) atoms. The van der Waals surface area contributed by atoms with E-state index in [9.17, 15) is 61.0 Å². The number of allylic oxidation sites excluding steroid dienone is 1. The van der Waals surface area contributed by atoms with E-state index in [-0.39, 0.29) is 23.7 Å². The maximum atomic E-state index is 14.5. The number of rotatable bonds is 15. The van der Waals surface area contributed by atoms with Gasteiger partial charge < -0.3 is 104 Å². The molecule has 0 radical (unpaired) electrons. The van der Waals surface area contributed by atoms with Crippen molar-refractivity contribution in [1.29, 1.82) is 0 Å². The molecule has 28 unspecified atom stereocenters. The lowest BCUT2D eigenvalue weighted by atomic mass is 9.40. The van der Waals surface area contributed by atoms with Crippen LogP contribution >= 0.6 is 0 Å². The second kappa shape index (κ2) is 22.0. The normalized spacial score (nSPS) is 53.1. The van der Waals surface area contributed by atoms with Crippen LogP contribution in [0.15, 0.2) is 11.6 Å². The number of aliphatic hydroxyl groups excluding tert-OH is 11. The van der Waals surface area contributed by atoms with Crippen molar-refractivity contribution in [3.63, 3.8) is 0 Å². The van der Waals surface area contributed by atoms with Gasteiger partial charge in [-0.25, -0.2) is 0 Å². The minimum Gasteiger partial charge on any atom is -0.459 e. The monoisotopic (exact) mass is 1090 g/mol. The van der Waals surface area contributed by atoms with E-state index in [1.165, 1.54) is 19.6 Å². The van der Waals surface area contributed by atoms with Gasteiger partial charge in [0.1, 0.15) is 96.5 Å². The molecule has 0 aromatic rings. The van der Waals surface area contributed by atoms with Crippen molar-refractivity contribution in [2.24, 2.45) is 45.3 Å². The van der Waals surface area contributed by atoms with Crippen molar-refractivity contribution >= 4 is 5.97 Å². The molecular weight excluding hydrogens is 1000 g/mol. The molecule has 8 fully saturated rings. The highest BCUT2D eigenvalue weighted by atomic mass is 16.8. The van der Waals surface area contributed by atoms with Gasteiger partial charge in [0.05, 0.1) is 38.1 Å². The van der Waals surface area contributed by atoms with E-state index in [0.717, 1.165) is 44.9 Å². The van der Waals surface area contributed by atoms with Crippen molar-refractivity contribution in [2.45, 2.75) is 248 Å². The summed E-state index contributed by atoms with van der Waals surface area (Å²) < 4.78 is 60.5. The maximum Gasteiger partial charge on any atom is 0.316 e. The van der Waals surface area contributed by atoms with Crippen molar-refractivity contribution in [3.8, 4) is 0 Å². The Kier molecular flexibility index (Phi) is 17.1. The van der Waals surface area contributed by atoms with E-state index in [4.69, 9.17) is 47.4 Å². The van der Waals surface area contributed by atoms with E-state index in [1.54, 1.807) is 0 Å². The van der Waals surface area contributed by atoms with Crippen LogP contribution in [0.2, 0.25) is 0 Å². The number of hydrogen-bond donors (Lipinski definition) is 11. The molecule has 1 spiro atoms. The third kappa shape index (κ3) is 9.47. The fraction of sp³-hybridized carbons (Fsp3) is 0.944. The van der Waals surface area contributed by atoms with Gasteiger partial charge in [-0.15, -0.1) is 0 Å². The fourth-order valence-corrected chi connectivity index (χ4v) is 16.2. The van der Waals surface area contributed by atoms with Crippen LogP contribution in [0.5, 0.6) is 0 Å². The molecule has 0 amide bonds. The Balaban J connectivity index is 0.943. The SMILES string of the molecule is COC1C(O)C(CO)OC(OC2C(O)C(CO)OC(OC3COC(OC4CCC5(C)C6=CC(O)C78C(=O)OC(C)(CCCC(C)C)C7CCC8(C)C6CCC5C4(C)C)C(OC4OC(C)C(O)C(O)C4O)C3O)C2O)C1O. The Hall–Kier alpha value is -1.59. The van der Waals surface area contributed by atoms with Crippen LogP contribution in [0, 0.1) is 45.3 Å². The average molecular weight is 1090 g/mol. The first-order valence-corrected chi connectivity index (χ1v) is 27.8. The van der Waals surface area contributed by atoms with Crippen LogP contribution in [0.1, 0.15) is 113 Å². The Morgan fingerprint density at radius 1 is 0.658 bits per heavy atom. The van der Waals surface area contributed by atoms with Gasteiger partial charge in [0.15, 0.2) is 25.2 Å². The predicted molar refractivity (Wildman–Crippen MR) is 262 cm³/mol. The number of hydrogen-bond acceptors (Lipinski definition) is 22. The molecule has 0 aromatic heterocycles. The standard InChI is InChI=1S/C54H88O22/c1-23(2)11-10-16-53(8)31-14-18-52(7)25-12-13-30-50(4,5)33(15-17-51(30,6)26(25)19-32(57)54(31,52)49(66)76-53)73-48-44(75-45-39(63)38(62)34(58)24(3)69-45)37(61)29(22-68-48)72-46-41(65)43(36(60)28(21-56)70-46)74-47-40(64)42(67-9)35(59)27(20-55)71-47/h19,23-25,27-48,55-65H,10-18,20-22H2,1-9H3. The van der Waals surface area contributed by atoms with Crippen molar-refractivity contribution in [2.75, 3.05) is 26.9 Å². The molecule has 22 heteroatoms. The summed E-state index contributed by atoms with van der Waals surface area (Å²) in [6.07, 6.45) is -22.1. The van der Waals surface area contributed by atoms with Crippen molar-refractivity contribution < 1.29 is 108 Å². The third-order valence-corrected chi connectivity index (χ3v) is 20.4. The minimum atomic E-state index is -1.90. The largest absolute Gasteiger partial charge is 0.459 e. The highest BCUT2D eigenvalue weighted by molar-refractivity contribution is 5.84. The fourth-order valence-electron chi connectivity index (χ4n) is 16.2.